The standard InChI is InChI=1S/C17H15NO/c1-12-16(13(2)19)15-10-6-7-11-18(15)17(12)14-8-4-3-5-9-14/h3-11H,1-2H3. The highest BCUT2D eigenvalue weighted by Crippen LogP contribution is 2.31. The molecule has 94 valence electrons. The summed E-state index contributed by atoms with van der Waals surface area (Å²) in [6.07, 6.45) is 2.01. The van der Waals surface area contributed by atoms with Crippen LogP contribution < -0.4 is 0 Å². The summed E-state index contributed by atoms with van der Waals surface area (Å²) >= 11 is 0. The number of ketones is 1. The van der Waals surface area contributed by atoms with E-state index in [2.05, 4.69) is 16.5 Å². The Morgan fingerprint density at radius 2 is 1.68 bits per heavy atom. The number of Topliss-reactive ketones (excluding diaryl/α,β-unsaturated/α-hetero) is 1. The van der Waals surface area contributed by atoms with Crippen LogP contribution in [-0.4, -0.2) is 10.2 Å². The quantitative estimate of drug-likeness (QED) is 0.626. The Balaban J connectivity index is 2.43. The normalized spacial score (nSPS) is 10.8. The maximum absolute atomic E-state index is 11.9. The van der Waals surface area contributed by atoms with Crippen LogP contribution in [0.1, 0.15) is 22.8 Å². The zero-order valence-corrected chi connectivity index (χ0v) is 11.1. The highest BCUT2D eigenvalue weighted by Gasteiger charge is 2.18. The molecule has 2 nitrogen and oxygen atoms in total. The second-order valence-corrected chi connectivity index (χ2v) is 4.73. The van der Waals surface area contributed by atoms with E-state index in [1.54, 1.807) is 6.92 Å². The number of rotatable bonds is 2. The molecule has 19 heavy (non-hydrogen) atoms. The van der Waals surface area contributed by atoms with Crippen molar-refractivity contribution in [3.63, 3.8) is 0 Å². The summed E-state index contributed by atoms with van der Waals surface area (Å²) in [5, 5.41) is 0. The van der Waals surface area contributed by atoms with E-state index in [1.165, 1.54) is 0 Å². The lowest BCUT2D eigenvalue weighted by Gasteiger charge is -2.04. The predicted molar refractivity (Wildman–Crippen MR) is 77.6 cm³/mol. The Hall–Kier alpha value is -2.35. The van der Waals surface area contributed by atoms with Crippen molar-refractivity contribution in [2.24, 2.45) is 0 Å². The van der Waals surface area contributed by atoms with Crippen LogP contribution in [0.3, 0.4) is 0 Å². The van der Waals surface area contributed by atoms with E-state index in [0.29, 0.717) is 0 Å². The number of pyridine rings is 1. The molecule has 2 heteroatoms. The third kappa shape index (κ3) is 1.76. The summed E-state index contributed by atoms with van der Waals surface area (Å²) in [5.41, 5.74) is 5.07. The van der Waals surface area contributed by atoms with E-state index in [9.17, 15) is 4.79 Å². The van der Waals surface area contributed by atoms with Gasteiger partial charge in [0, 0.05) is 11.8 Å². The van der Waals surface area contributed by atoms with Gasteiger partial charge in [0.25, 0.3) is 0 Å². The summed E-state index contributed by atoms with van der Waals surface area (Å²) in [6.45, 7) is 3.65. The zero-order valence-electron chi connectivity index (χ0n) is 11.1. The molecular formula is C17H15NO. The van der Waals surface area contributed by atoms with Gasteiger partial charge in [0.2, 0.25) is 0 Å². The minimum Gasteiger partial charge on any atom is -0.316 e. The molecule has 0 bridgehead atoms. The van der Waals surface area contributed by atoms with E-state index in [-0.39, 0.29) is 5.78 Å². The number of carbonyl (C=O) groups is 1. The smallest absolute Gasteiger partial charge is 0.162 e. The van der Waals surface area contributed by atoms with Gasteiger partial charge in [-0.1, -0.05) is 36.4 Å². The van der Waals surface area contributed by atoms with E-state index in [4.69, 9.17) is 0 Å². The molecule has 0 atom stereocenters. The van der Waals surface area contributed by atoms with Crippen LogP contribution in [0.2, 0.25) is 0 Å². The number of hydrogen-bond acceptors (Lipinski definition) is 1. The van der Waals surface area contributed by atoms with Crippen LogP contribution >= 0.6 is 0 Å². The maximum atomic E-state index is 11.9. The van der Waals surface area contributed by atoms with Gasteiger partial charge in [-0.3, -0.25) is 4.79 Å². The minimum atomic E-state index is 0.114. The molecule has 0 amide bonds. The Bertz CT molecular complexity index is 754. The minimum absolute atomic E-state index is 0.114. The van der Waals surface area contributed by atoms with Gasteiger partial charge in [0.1, 0.15) is 0 Å². The zero-order chi connectivity index (χ0) is 13.4. The lowest BCUT2D eigenvalue weighted by molar-refractivity contribution is 0.101. The molecule has 0 spiro atoms. The molecule has 3 aromatic rings. The molecule has 0 aliphatic heterocycles. The number of aromatic nitrogens is 1. The number of carbonyl (C=O) groups excluding carboxylic acids is 1. The highest BCUT2D eigenvalue weighted by molar-refractivity contribution is 6.04. The van der Waals surface area contributed by atoms with Crippen molar-refractivity contribution in [3.8, 4) is 11.3 Å². The summed E-state index contributed by atoms with van der Waals surface area (Å²) in [6, 6.07) is 16.1. The molecule has 0 saturated heterocycles. The van der Waals surface area contributed by atoms with Crippen molar-refractivity contribution < 1.29 is 4.79 Å². The lowest BCUT2D eigenvalue weighted by atomic mass is 10.0. The van der Waals surface area contributed by atoms with Crippen molar-refractivity contribution in [3.05, 3.63) is 65.9 Å². The number of fused-ring (bicyclic) bond motifs is 1. The highest BCUT2D eigenvalue weighted by atomic mass is 16.1. The van der Waals surface area contributed by atoms with Crippen LogP contribution in [-0.2, 0) is 0 Å². The fraction of sp³-hybridized carbons (Fsp3) is 0.118. The summed E-state index contributed by atoms with van der Waals surface area (Å²) in [7, 11) is 0. The van der Waals surface area contributed by atoms with Crippen molar-refractivity contribution in [1.82, 2.24) is 4.40 Å². The molecule has 0 N–H and O–H groups in total. The first-order valence-electron chi connectivity index (χ1n) is 6.36. The average molecular weight is 249 g/mol. The van der Waals surface area contributed by atoms with Gasteiger partial charge in [-0.05, 0) is 37.1 Å². The van der Waals surface area contributed by atoms with Gasteiger partial charge in [-0.25, -0.2) is 0 Å². The summed E-state index contributed by atoms with van der Waals surface area (Å²) in [5.74, 6) is 0.114. The molecule has 2 heterocycles. The Labute approximate surface area is 112 Å². The number of nitrogens with zero attached hydrogens (tertiary/aromatic N) is 1. The van der Waals surface area contributed by atoms with Crippen LogP contribution in [0.5, 0.6) is 0 Å². The van der Waals surface area contributed by atoms with Gasteiger partial charge in [0.05, 0.1) is 11.2 Å². The molecule has 2 aromatic heterocycles. The van der Waals surface area contributed by atoms with Gasteiger partial charge in [-0.2, -0.15) is 0 Å². The van der Waals surface area contributed by atoms with Crippen LogP contribution in [0, 0.1) is 6.92 Å². The molecule has 0 saturated carbocycles. The summed E-state index contributed by atoms with van der Waals surface area (Å²) in [4.78, 5) is 11.9. The third-order valence-electron chi connectivity index (χ3n) is 3.49. The van der Waals surface area contributed by atoms with Crippen molar-refractivity contribution in [2.75, 3.05) is 0 Å². The summed E-state index contributed by atoms with van der Waals surface area (Å²) < 4.78 is 2.10. The van der Waals surface area contributed by atoms with E-state index in [0.717, 1.165) is 27.9 Å². The van der Waals surface area contributed by atoms with Crippen molar-refractivity contribution in [2.45, 2.75) is 13.8 Å². The van der Waals surface area contributed by atoms with Gasteiger partial charge < -0.3 is 4.40 Å². The fourth-order valence-corrected chi connectivity index (χ4v) is 2.73. The lowest BCUT2D eigenvalue weighted by Crippen LogP contribution is -1.93. The molecule has 1 aromatic carbocycles. The second-order valence-electron chi connectivity index (χ2n) is 4.73. The monoisotopic (exact) mass is 249 g/mol. The number of benzene rings is 1. The maximum Gasteiger partial charge on any atom is 0.162 e. The first kappa shape index (κ1) is 11.7. The molecule has 3 rings (SSSR count). The Kier molecular flexibility index (Phi) is 2.71. The first-order valence-corrected chi connectivity index (χ1v) is 6.36. The molecule has 0 aliphatic rings. The number of hydrogen-bond donors (Lipinski definition) is 0. The van der Waals surface area contributed by atoms with Crippen LogP contribution in [0.15, 0.2) is 54.7 Å². The topological polar surface area (TPSA) is 21.5 Å². The third-order valence-corrected chi connectivity index (χ3v) is 3.49. The van der Waals surface area contributed by atoms with E-state index >= 15 is 0 Å². The van der Waals surface area contributed by atoms with Crippen LogP contribution in [0.25, 0.3) is 16.8 Å². The van der Waals surface area contributed by atoms with E-state index in [1.807, 2.05) is 49.5 Å². The van der Waals surface area contributed by atoms with Gasteiger partial charge in [-0.15, -0.1) is 0 Å². The average Bonchev–Trinajstić information content (AvgIpc) is 2.71. The molecular weight excluding hydrogens is 234 g/mol. The van der Waals surface area contributed by atoms with Crippen molar-refractivity contribution >= 4 is 11.3 Å². The fourth-order valence-electron chi connectivity index (χ4n) is 2.73. The van der Waals surface area contributed by atoms with Gasteiger partial charge in [0.15, 0.2) is 5.78 Å². The SMILES string of the molecule is CC(=O)c1c(C)c(-c2ccccc2)n2ccccc12. The predicted octanol–water partition coefficient (Wildman–Crippen LogP) is 4.12. The molecule has 0 unspecified atom stereocenters. The van der Waals surface area contributed by atoms with Gasteiger partial charge >= 0.3 is 0 Å². The second kappa shape index (κ2) is 4.39. The Morgan fingerprint density at radius 3 is 2.37 bits per heavy atom. The van der Waals surface area contributed by atoms with E-state index < -0.39 is 0 Å². The molecule has 0 radical (unpaired) electrons. The largest absolute Gasteiger partial charge is 0.316 e. The van der Waals surface area contributed by atoms with Crippen molar-refractivity contribution in [1.29, 1.82) is 0 Å². The van der Waals surface area contributed by atoms with Crippen LogP contribution in [0.4, 0.5) is 0 Å². The molecule has 0 aliphatic carbocycles. The first-order chi connectivity index (χ1) is 9.20. The molecule has 0 fully saturated rings. The Morgan fingerprint density at radius 1 is 1.00 bits per heavy atom.